The summed E-state index contributed by atoms with van der Waals surface area (Å²) in [6, 6.07) is 4.45. The van der Waals surface area contributed by atoms with Gasteiger partial charge in [0, 0.05) is 4.88 Å². The van der Waals surface area contributed by atoms with Crippen LogP contribution in [0.1, 0.15) is 24.1 Å². The lowest BCUT2D eigenvalue weighted by atomic mass is 9.74. The Labute approximate surface area is 115 Å². The van der Waals surface area contributed by atoms with Gasteiger partial charge in [-0.2, -0.15) is 0 Å². The van der Waals surface area contributed by atoms with E-state index in [1.54, 1.807) is 0 Å². The van der Waals surface area contributed by atoms with Gasteiger partial charge in [-0.05, 0) is 66.3 Å². The van der Waals surface area contributed by atoms with E-state index in [9.17, 15) is 0 Å². The summed E-state index contributed by atoms with van der Waals surface area (Å²) in [4.78, 5) is 1.51. The molecule has 2 fully saturated rings. The molecule has 0 saturated carbocycles. The number of nitrogens with one attached hydrogen (secondary N) is 1. The van der Waals surface area contributed by atoms with Crippen molar-refractivity contribution in [3.63, 3.8) is 0 Å². The smallest absolute Gasteiger partial charge is 0.0701 e. The van der Waals surface area contributed by atoms with Gasteiger partial charge in [0.2, 0.25) is 0 Å². The molecular weight excluding hydrogens is 298 g/mol. The number of ether oxygens (including phenoxy) is 1. The average Bonchev–Trinajstić information content (AvgIpc) is 2.72. The molecule has 0 aliphatic carbocycles. The third kappa shape index (κ3) is 2.46. The Bertz CT molecular complexity index is 383. The molecule has 3 rings (SSSR count). The van der Waals surface area contributed by atoms with Gasteiger partial charge in [-0.1, -0.05) is 0 Å². The van der Waals surface area contributed by atoms with Crippen LogP contribution in [0, 0.1) is 5.92 Å². The zero-order chi connectivity index (χ0) is 11.7. The van der Waals surface area contributed by atoms with Crippen molar-refractivity contribution in [1.82, 2.24) is 5.32 Å². The third-order valence-electron chi connectivity index (χ3n) is 3.99. The first kappa shape index (κ1) is 12.2. The molecule has 2 aliphatic rings. The van der Waals surface area contributed by atoms with Crippen molar-refractivity contribution in [3.8, 4) is 0 Å². The maximum atomic E-state index is 5.52. The Morgan fingerprint density at radius 3 is 2.65 bits per heavy atom. The SMILES string of the molecule is Brc1ccc(C2(CC3CCNCC3)COC2)s1. The molecule has 0 atom stereocenters. The van der Waals surface area contributed by atoms with Crippen LogP contribution in [0.5, 0.6) is 0 Å². The van der Waals surface area contributed by atoms with Crippen LogP contribution < -0.4 is 5.32 Å². The van der Waals surface area contributed by atoms with Gasteiger partial charge < -0.3 is 10.1 Å². The molecule has 1 aromatic heterocycles. The number of hydrogen-bond donors (Lipinski definition) is 1. The Morgan fingerprint density at radius 2 is 2.12 bits per heavy atom. The van der Waals surface area contributed by atoms with Crippen molar-refractivity contribution in [2.45, 2.75) is 24.7 Å². The van der Waals surface area contributed by atoms with Crippen LogP contribution in [0.25, 0.3) is 0 Å². The summed E-state index contributed by atoms with van der Waals surface area (Å²) in [7, 11) is 0. The van der Waals surface area contributed by atoms with Gasteiger partial charge in [0.25, 0.3) is 0 Å². The number of piperidine rings is 1. The topological polar surface area (TPSA) is 21.3 Å². The monoisotopic (exact) mass is 315 g/mol. The molecule has 94 valence electrons. The highest BCUT2D eigenvalue weighted by atomic mass is 79.9. The highest BCUT2D eigenvalue weighted by Gasteiger charge is 2.43. The second-order valence-corrected chi connectivity index (χ2v) is 7.74. The molecule has 4 heteroatoms. The predicted molar refractivity (Wildman–Crippen MR) is 74.7 cm³/mol. The van der Waals surface area contributed by atoms with E-state index in [2.05, 4.69) is 33.4 Å². The van der Waals surface area contributed by atoms with Crippen molar-refractivity contribution in [3.05, 3.63) is 20.8 Å². The summed E-state index contributed by atoms with van der Waals surface area (Å²) in [5.41, 5.74) is 0.332. The summed E-state index contributed by atoms with van der Waals surface area (Å²) < 4.78 is 6.76. The fourth-order valence-corrected chi connectivity index (χ4v) is 4.50. The number of thiophene rings is 1. The zero-order valence-corrected chi connectivity index (χ0v) is 12.3. The van der Waals surface area contributed by atoms with Crippen LogP contribution in [-0.2, 0) is 10.2 Å². The van der Waals surface area contributed by atoms with Gasteiger partial charge in [0.05, 0.1) is 22.4 Å². The normalized spacial score (nSPS) is 24.5. The van der Waals surface area contributed by atoms with Crippen LogP contribution in [-0.4, -0.2) is 26.3 Å². The van der Waals surface area contributed by atoms with Crippen LogP contribution in [0.3, 0.4) is 0 Å². The molecule has 2 nitrogen and oxygen atoms in total. The van der Waals surface area contributed by atoms with Crippen LogP contribution in [0.4, 0.5) is 0 Å². The van der Waals surface area contributed by atoms with Crippen LogP contribution in [0.2, 0.25) is 0 Å². The van der Waals surface area contributed by atoms with Gasteiger partial charge in [0.1, 0.15) is 0 Å². The summed E-state index contributed by atoms with van der Waals surface area (Å²) >= 11 is 5.45. The molecule has 3 heterocycles. The highest BCUT2D eigenvalue weighted by molar-refractivity contribution is 9.11. The van der Waals surface area contributed by atoms with Crippen molar-refractivity contribution in [2.75, 3.05) is 26.3 Å². The second kappa shape index (κ2) is 5.00. The Hall–Kier alpha value is 0.1000. The number of hydrogen-bond acceptors (Lipinski definition) is 3. The first-order valence-electron chi connectivity index (χ1n) is 6.33. The minimum absolute atomic E-state index is 0.332. The van der Waals surface area contributed by atoms with E-state index in [0.29, 0.717) is 5.41 Å². The summed E-state index contributed by atoms with van der Waals surface area (Å²) in [6.45, 7) is 4.22. The number of rotatable bonds is 3. The molecular formula is C13H18BrNOS. The first-order valence-corrected chi connectivity index (χ1v) is 7.94. The molecule has 0 bridgehead atoms. The van der Waals surface area contributed by atoms with E-state index in [1.165, 1.54) is 41.0 Å². The van der Waals surface area contributed by atoms with Crippen molar-refractivity contribution in [1.29, 1.82) is 0 Å². The fourth-order valence-electron chi connectivity index (χ4n) is 2.95. The standard InChI is InChI=1S/C13H18BrNOS/c14-12-2-1-11(17-12)13(8-16-9-13)7-10-3-5-15-6-4-10/h1-2,10,15H,3-9H2. The molecule has 2 saturated heterocycles. The van der Waals surface area contributed by atoms with Gasteiger partial charge in [-0.15, -0.1) is 11.3 Å². The molecule has 0 spiro atoms. The third-order valence-corrected chi connectivity index (χ3v) is 5.86. The Balaban J connectivity index is 1.73. The maximum Gasteiger partial charge on any atom is 0.0701 e. The lowest BCUT2D eigenvalue weighted by Crippen LogP contribution is -2.48. The summed E-state index contributed by atoms with van der Waals surface area (Å²) in [5, 5.41) is 3.44. The zero-order valence-electron chi connectivity index (χ0n) is 9.88. The summed E-state index contributed by atoms with van der Waals surface area (Å²) in [5.74, 6) is 0.876. The van der Waals surface area contributed by atoms with Crippen LogP contribution >= 0.6 is 27.3 Å². The first-order chi connectivity index (χ1) is 8.28. The molecule has 0 unspecified atom stereocenters. The quantitative estimate of drug-likeness (QED) is 0.925. The molecule has 1 N–H and O–H groups in total. The average molecular weight is 316 g/mol. The lowest BCUT2D eigenvalue weighted by molar-refractivity contribution is -0.0712. The van der Waals surface area contributed by atoms with E-state index >= 15 is 0 Å². The second-order valence-electron chi connectivity index (χ2n) is 5.27. The van der Waals surface area contributed by atoms with Crippen molar-refractivity contribution in [2.24, 2.45) is 5.92 Å². The number of halogens is 1. The van der Waals surface area contributed by atoms with E-state index in [0.717, 1.165) is 19.1 Å². The Kier molecular flexibility index (Phi) is 3.57. The molecule has 1 aromatic rings. The highest BCUT2D eigenvalue weighted by Crippen LogP contribution is 2.43. The largest absolute Gasteiger partial charge is 0.379 e. The summed E-state index contributed by atoms with van der Waals surface area (Å²) in [6.07, 6.45) is 3.96. The molecule has 17 heavy (non-hydrogen) atoms. The Morgan fingerprint density at radius 1 is 1.35 bits per heavy atom. The molecule has 2 aliphatic heterocycles. The predicted octanol–water partition coefficient (Wildman–Crippen LogP) is 3.17. The van der Waals surface area contributed by atoms with Crippen molar-refractivity contribution < 1.29 is 4.74 Å². The van der Waals surface area contributed by atoms with Gasteiger partial charge >= 0.3 is 0 Å². The molecule has 0 aromatic carbocycles. The fraction of sp³-hybridized carbons (Fsp3) is 0.692. The van der Waals surface area contributed by atoms with Crippen molar-refractivity contribution >= 4 is 27.3 Å². The minimum Gasteiger partial charge on any atom is -0.379 e. The molecule has 0 amide bonds. The van der Waals surface area contributed by atoms with Crippen LogP contribution in [0.15, 0.2) is 15.9 Å². The van der Waals surface area contributed by atoms with E-state index in [4.69, 9.17) is 4.74 Å². The van der Waals surface area contributed by atoms with Gasteiger partial charge in [0.15, 0.2) is 0 Å². The van der Waals surface area contributed by atoms with Gasteiger partial charge in [-0.3, -0.25) is 0 Å². The van der Waals surface area contributed by atoms with E-state index in [1.807, 2.05) is 11.3 Å². The maximum absolute atomic E-state index is 5.52. The minimum atomic E-state index is 0.332. The van der Waals surface area contributed by atoms with E-state index < -0.39 is 0 Å². The van der Waals surface area contributed by atoms with Gasteiger partial charge in [-0.25, -0.2) is 0 Å². The lowest BCUT2D eigenvalue weighted by Gasteiger charge is -2.43. The molecule has 0 radical (unpaired) electrons. The van der Waals surface area contributed by atoms with E-state index in [-0.39, 0.29) is 0 Å².